The molecule has 0 saturated carbocycles. The molecule has 5 nitrogen and oxygen atoms in total. The normalized spacial score (nSPS) is 24.5. The Bertz CT molecular complexity index is 234. The fourth-order valence-corrected chi connectivity index (χ4v) is 1.95. The Morgan fingerprint density at radius 2 is 2.23 bits per heavy atom. The van der Waals surface area contributed by atoms with E-state index in [1.807, 2.05) is 0 Å². The van der Waals surface area contributed by atoms with E-state index in [0.29, 0.717) is 12.6 Å². The highest BCUT2D eigenvalue weighted by Gasteiger charge is 2.12. The molecule has 1 heterocycles. The first kappa shape index (κ1) is 10.9. The summed E-state index contributed by atoms with van der Waals surface area (Å²) in [6.45, 7) is 1.47. The lowest BCUT2D eigenvalue weighted by atomic mass is 10.0. The Morgan fingerprint density at radius 1 is 1.46 bits per heavy atom. The van der Waals surface area contributed by atoms with E-state index in [9.17, 15) is 8.42 Å². The monoisotopic (exact) mass is 207 g/mol. The van der Waals surface area contributed by atoms with Crippen molar-refractivity contribution in [3.8, 4) is 0 Å². The van der Waals surface area contributed by atoms with E-state index in [-0.39, 0.29) is 0 Å². The molecular formula is C7H17N3O2S. The van der Waals surface area contributed by atoms with E-state index in [1.54, 1.807) is 0 Å². The van der Waals surface area contributed by atoms with Gasteiger partial charge >= 0.3 is 0 Å². The predicted octanol–water partition coefficient (Wildman–Crippen LogP) is -0.688. The number of nitrogens with two attached hydrogens (primary N) is 1. The van der Waals surface area contributed by atoms with Gasteiger partial charge in [0.05, 0.1) is 0 Å². The second kappa shape index (κ2) is 4.90. The van der Waals surface area contributed by atoms with Crippen LogP contribution in [0.25, 0.3) is 0 Å². The van der Waals surface area contributed by atoms with Gasteiger partial charge in [0.1, 0.15) is 0 Å². The third-order valence-corrected chi connectivity index (χ3v) is 2.81. The first-order valence-corrected chi connectivity index (χ1v) is 6.13. The van der Waals surface area contributed by atoms with Crippen LogP contribution in [0.2, 0.25) is 0 Å². The van der Waals surface area contributed by atoms with Gasteiger partial charge in [-0.25, -0.2) is 9.86 Å². The van der Waals surface area contributed by atoms with Crippen LogP contribution in [-0.4, -0.2) is 27.5 Å². The van der Waals surface area contributed by atoms with Crippen molar-refractivity contribution < 1.29 is 8.42 Å². The summed E-state index contributed by atoms with van der Waals surface area (Å²) in [6, 6.07) is 0.447. The fraction of sp³-hybridized carbons (Fsp3) is 1.00. The molecule has 0 bridgehead atoms. The molecule has 0 spiro atoms. The molecule has 78 valence electrons. The molecule has 0 aliphatic carbocycles. The van der Waals surface area contributed by atoms with Gasteiger partial charge in [-0.1, -0.05) is 6.42 Å². The summed E-state index contributed by atoms with van der Waals surface area (Å²) in [4.78, 5) is 0. The molecule has 13 heavy (non-hydrogen) atoms. The number of piperidine rings is 1. The van der Waals surface area contributed by atoms with Crippen molar-refractivity contribution in [1.82, 2.24) is 10.0 Å². The molecule has 4 N–H and O–H groups in total. The zero-order valence-corrected chi connectivity index (χ0v) is 8.44. The van der Waals surface area contributed by atoms with Crippen molar-refractivity contribution in [2.75, 3.05) is 13.1 Å². The van der Waals surface area contributed by atoms with Crippen molar-refractivity contribution in [1.29, 1.82) is 0 Å². The van der Waals surface area contributed by atoms with E-state index in [2.05, 4.69) is 10.0 Å². The van der Waals surface area contributed by atoms with Gasteiger partial charge in [0, 0.05) is 12.6 Å². The van der Waals surface area contributed by atoms with Crippen molar-refractivity contribution in [3.63, 3.8) is 0 Å². The van der Waals surface area contributed by atoms with E-state index < -0.39 is 10.2 Å². The molecule has 1 aliphatic heterocycles. The standard InChI is InChI=1S/C7H17N3O2S/c8-13(11,12)10-6-4-7-3-1-2-5-9-7/h7,9-10H,1-6H2,(H2,8,11,12). The quantitative estimate of drug-likeness (QED) is 0.570. The van der Waals surface area contributed by atoms with Gasteiger partial charge in [0.25, 0.3) is 10.2 Å². The zero-order chi connectivity index (χ0) is 9.73. The molecular weight excluding hydrogens is 190 g/mol. The van der Waals surface area contributed by atoms with Gasteiger partial charge in [-0.3, -0.25) is 0 Å². The molecule has 0 aromatic carbocycles. The van der Waals surface area contributed by atoms with E-state index in [0.717, 1.165) is 19.4 Å². The summed E-state index contributed by atoms with van der Waals surface area (Å²) >= 11 is 0. The molecule has 1 unspecified atom stereocenters. The average molecular weight is 207 g/mol. The second-order valence-corrected chi connectivity index (χ2v) is 4.75. The Hall–Kier alpha value is -0.170. The minimum Gasteiger partial charge on any atom is -0.314 e. The molecule has 0 radical (unpaired) electrons. The highest BCUT2D eigenvalue weighted by Crippen LogP contribution is 2.08. The first-order chi connectivity index (χ1) is 6.08. The lowest BCUT2D eigenvalue weighted by Crippen LogP contribution is -2.38. The molecule has 0 aromatic heterocycles. The second-order valence-electron chi connectivity index (χ2n) is 3.37. The smallest absolute Gasteiger partial charge is 0.274 e. The van der Waals surface area contributed by atoms with Crippen molar-refractivity contribution >= 4 is 10.2 Å². The summed E-state index contributed by atoms with van der Waals surface area (Å²) < 4.78 is 23.3. The lowest BCUT2D eigenvalue weighted by molar-refractivity contribution is 0.383. The highest BCUT2D eigenvalue weighted by molar-refractivity contribution is 7.87. The summed E-state index contributed by atoms with van der Waals surface area (Å²) in [6.07, 6.45) is 4.40. The molecule has 0 aromatic rings. The molecule has 1 fully saturated rings. The summed E-state index contributed by atoms with van der Waals surface area (Å²) in [7, 11) is -3.50. The Labute approximate surface area is 79.3 Å². The highest BCUT2D eigenvalue weighted by atomic mass is 32.2. The number of rotatable bonds is 4. The van der Waals surface area contributed by atoms with E-state index >= 15 is 0 Å². The predicted molar refractivity (Wildman–Crippen MR) is 51.4 cm³/mol. The Kier molecular flexibility index (Phi) is 4.11. The lowest BCUT2D eigenvalue weighted by Gasteiger charge is -2.23. The molecule has 6 heteroatoms. The average Bonchev–Trinajstić information content (AvgIpc) is 2.04. The zero-order valence-electron chi connectivity index (χ0n) is 7.62. The summed E-state index contributed by atoms with van der Waals surface area (Å²) in [5, 5.41) is 8.12. The van der Waals surface area contributed by atoms with E-state index in [4.69, 9.17) is 5.14 Å². The summed E-state index contributed by atoms with van der Waals surface area (Å²) in [5.74, 6) is 0. The maximum absolute atomic E-state index is 10.5. The van der Waals surface area contributed by atoms with Crippen molar-refractivity contribution in [2.45, 2.75) is 31.7 Å². The van der Waals surface area contributed by atoms with Crippen LogP contribution in [-0.2, 0) is 10.2 Å². The van der Waals surface area contributed by atoms with Gasteiger partial charge in [0.2, 0.25) is 0 Å². The van der Waals surface area contributed by atoms with Gasteiger partial charge in [-0.05, 0) is 25.8 Å². The van der Waals surface area contributed by atoms with Crippen LogP contribution in [0.5, 0.6) is 0 Å². The maximum atomic E-state index is 10.5. The number of hydrogen-bond acceptors (Lipinski definition) is 3. The van der Waals surface area contributed by atoms with Crippen LogP contribution in [0.1, 0.15) is 25.7 Å². The number of hydrogen-bond donors (Lipinski definition) is 3. The minimum atomic E-state index is -3.50. The van der Waals surface area contributed by atoms with Crippen LogP contribution >= 0.6 is 0 Å². The van der Waals surface area contributed by atoms with Crippen LogP contribution in [0, 0.1) is 0 Å². The molecule has 1 atom stereocenters. The van der Waals surface area contributed by atoms with Crippen LogP contribution < -0.4 is 15.2 Å². The topological polar surface area (TPSA) is 84.2 Å². The minimum absolute atomic E-state index is 0.427. The third kappa shape index (κ3) is 5.20. The van der Waals surface area contributed by atoms with Crippen molar-refractivity contribution in [3.05, 3.63) is 0 Å². The van der Waals surface area contributed by atoms with Gasteiger partial charge in [-0.15, -0.1) is 0 Å². The Morgan fingerprint density at radius 3 is 2.77 bits per heavy atom. The molecule has 1 aliphatic rings. The first-order valence-electron chi connectivity index (χ1n) is 4.59. The molecule has 1 saturated heterocycles. The SMILES string of the molecule is NS(=O)(=O)NCCC1CCCCN1. The maximum Gasteiger partial charge on any atom is 0.274 e. The van der Waals surface area contributed by atoms with Crippen LogP contribution in [0.4, 0.5) is 0 Å². The fourth-order valence-electron chi connectivity index (χ4n) is 1.55. The molecule has 0 amide bonds. The number of nitrogens with one attached hydrogen (secondary N) is 2. The van der Waals surface area contributed by atoms with E-state index in [1.165, 1.54) is 12.8 Å². The van der Waals surface area contributed by atoms with Crippen LogP contribution in [0.3, 0.4) is 0 Å². The Balaban J connectivity index is 2.11. The third-order valence-electron chi connectivity index (χ3n) is 2.21. The summed E-state index contributed by atoms with van der Waals surface area (Å²) in [5.41, 5.74) is 0. The molecule has 1 rings (SSSR count). The van der Waals surface area contributed by atoms with Crippen LogP contribution in [0.15, 0.2) is 0 Å². The van der Waals surface area contributed by atoms with Gasteiger partial charge in [-0.2, -0.15) is 8.42 Å². The van der Waals surface area contributed by atoms with Gasteiger partial charge < -0.3 is 5.32 Å². The largest absolute Gasteiger partial charge is 0.314 e. The van der Waals surface area contributed by atoms with Crippen molar-refractivity contribution in [2.24, 2.45) is 5.14 Å². The van der Waals surface area contributed by atoms with Gasteiger partial charge in [0.15, 0.2) is 0 Å².